The van der Waals surface area contributed by atoms with Crippen molar-refractivity contribution in [3.8, 4) is 0 Å². The molecule has 0 N–H and O–H groups in total. The zero-order valence-corrected chi connectivity index (χ0v) is 14.5. The SMILES string of the molecule is Cc1nc(C)c(C(=O)N2C[C@@H]3OCCN(c4cnccn4)[C@H]3C2)s1. The van der Waals surface area contributed by atoms with Gasteiger partial charge in [0, 0.05) is 32.0 Å². The maximum atomic E-state index is 12.9. The maximum absolute atomic E-state index is 12.9. The van der Waals surface area contributed by atoms with E-state index in [1.54, 1.807) is 18.6 Å². The van der Waals surface area contributed by atoms with E-state index in [1.807, 2.05) is 18.7 Å². The average Bonchev–Trinajstić information content (AvgIpc) is 3.17. The zero-order chi connectivity index (χ0) is 16.7. The van der Waals surface area contributed by atoms with Crippen molar-refractivity contribution in [2.45, 2.75) is 26.0 Å². The molecule has 0 spiro atoms. The number of fused-ring (bicyclic) bond motifs is 1. The largest absolute Gasteiger partial charge is 0.372 e. The molecule has 2 saturated heterocycles. The van der Waals surface area contributed by atoms with Crippen molar-refractivity contribution in [1.29, 1.82) is 0 Å². The third-order valence-corrected chi connectivity index (χ3v) is 5.59. The van der Waals surface area contributed by atoms with Crippen LogP contribution in [0, 0.1) is 13.8 Å². The molecular formula is C16H19N5O2S. The van der Waals surface area contributed by atoms with Crippen LogP contribution in [0.3, 0.4) is 0 Å². The van der Waals surface area contributed by atoms with E-state index in [4.69, 9.17) is 4.74 Å². The van der Waals surface area contributed by atoms with Gasteiger partial charge in [-0.05, 0) is 13.8 Å². The molecule has 0 bridgehead atoms. The van der Waals surface area contributed by atoms with Gasteiger partial charge in [-0.15, -0.1) is 11.3 Å². The fraction of sp³-hybridized carbons (Fsp3) is 0.500. The number of carbonyl (C=O) groups is 1. The number of aryl methyl sites for hydroxylation is 2. The summed E-state index contributed by atoms with van der Waals surface area (Å²) in [7, 11) is 0. The molecule has 1 amide bonds. The minimum Gasteiger partial charge on any atom is -0.372 e. The number of thiazole rings is 1. The number of amides is 1. The number of hydrogen-bond acceptors (Lipinski definition) is 7. The van der Waals surface area contributed by atoms with E-state index < -0.39 is 0 Å². The van der Waals surface area contributed by atoms with Crippen molar-refractivity contribution >= 4 is 23.1 Å². The first kappa shape index (κ1) is 15.5. The highest BCUT2D eigenvalue weighted by Crippen LogP contribution is 2.28. The van der Waals surface area contributed by atoms with Crippen molar-refractivity contribution in [1.82, 2.24) is 19.9 Å². The lowest BCUT2D eigenvalue weighted by Crippen LogP contribution is -2.51. The van der Waals surface area contributed by atoms with Gasteiger partial charge in [0.15, 0.2) is 0 Å². The molecule has 0 radical (unpaired) electrons. The molecule has 8 heteroatoms. The fourth-order valence-corrected chi connectivity index (χ4v) is 4.34. The van der Waals surface area contributed by atoms with E-state index in [-0.39, 0.29) is 18.1 Å². The Labute approximate surface area is 144 Å². The molecule has 126 valence electrons. The summed E-state index contributed by atoms with van der Waals surface area (Å²) in [6.45, 7) is 6.46. The van der Waals surface area contributed by atoms with Crippen LogP contribution < -0.4 is 4.90 Å². The van der Waals surface area contributed by atoms with Crippen molar-refractivity contribution in [3.05, 3.63) is 34.2 Å². The Morgan fingerprint density at radius 3 is 2.92 bits per heavy atom. The van der Waals surface area contributed by atoms with Crippen molar-refractivity contribution < 1.29 is 9.53 Å². The Morgan fingerprint density at radius 1 is 1.33 bits per heavy atom. The first-order valence-electron chi connectivity index (χ1n) is 8.01. The Hall–Kier alpha value is -2.06. The lowest BCUT2D eigenvalue weighted by molar-refractivity contribution is 0.0299. The number of ether oxygens (including phenoxy) is 1. The van der Waals surface area contributed by atoms with Gasteiger partial charge in [-0.2, -0.15) is 0 Å². The lowest BCUT2D eigenvalue weighted by Gasteiger charge is -2.37. The fourth-order valence-electron chi connectivity index (χ4n) is 3.45. The summed E-state index contributed by atoms with van der Waals surface area (Å²) in [4.78, 5) is 30.6. The smallest absolute Gasteiger partial charge is 0.266 e. The molecule has 2 aromatic heterocycles. The molecule has 2 aliphatic heterocycles. The Kier molecular flexibility index (Phi) is 3.93. The topological polar surface area (TPSA) is 71.5 Å². The molecule has 2 aromatic rings. The molecule has 0 aromatic carbocycles. The summed E-state index contributed by atoms with van der Waals surface area (Å²) in [5, 5.41) is 0.921. The van der Waals surface area contributed by atoms with Crippen LogP contribution >= 0.6 is 11.3 Å². The molecule has 0 aliphatic carbocycles. The van der Waals surface area contributed by atoms with Gasteiger partial charge < -0.3 is 14.5 Å². The molecule has 4 heterocycles. The molecular weight excluding hydrogens is 326 g/mol. The highest BCUT2D eigenvalue weighted by Gasteiger charge is 2.43. The van der Waals surface area contributed by atoms with Gasteiger partial charge in [-0.3, -0.25) is 9.78 Å². The van der Waals surface area contributed by atoms with Gasteiger partial charge in [0.1, 0.15) is 10.7 Å². The van der Waals surface area contributed by atoms with E-state index >= 15 is 0 Å². The molecule has 0 unspecified atom stereocenters. The molecule has 2 atom stereocenters. The highest BCUT2D eigenvalue weighted by atomic mass is 32.1. The number of nitrogens with zero attached hydrogens (tertiary/aromatic N) is 5. The molecule has 24 heavy (non-hydrogen) atoms. The van der Waals surface area contributed by atoms with Crippen LogP contribution in [0.5, 0.6) is 0 Å². The van der Waals surface area contributed by atoms with Crippen LogP contribution in [0.25, 0.3) is 0 Å². The van der Waals surface area contributed by atoms with Crippen molar-refractivity contribution in [2.75, 3.05) is 31.1 Å². The van der Waals surface area contributed by atoms with E-state index in [0.29, 0.717) is 19.7 Å². The standard InChI is InChI=1S/C16H19N5O2S/c1-10-15(24-11(2)19-10)16(22)20-8-12-13(9-20)23-6-5-21(12)14-7-17-3-4-18-14/h3-4,7,12-13H,5-6,8-9H2,1-2H3/t12-,13-/m0/s1. The predicted octanol–water partition coefficient (Wildman–Crippen LogP) is 1.28. The van der Waals surface area contributed by atoms with Crippen LogP contribution in [0.15, 0.2) is 18.6 Å². The first-order valence-corrected chi connectivity index (χ1v) is 8.82. The Morgan fingerprint density at radius 2 is 2.21 bits per heavy atom. The predicted molar refractivity (Wildman–Crippen MR) is 90.4 cm³/mol. The van der Waals surface area contributed by atoms with Crippen LogP contribution in [0.4, 0.5) is 5.82 Å². The van der Waals surface area contributed by atoms with Crippen molar-refractivity contribution in [3.63, 3.8) is 0 Å². The minimum absolute atomic E-state index is 0.0130. The number of anilines is 1. The van der Waals surface area contributed by atoms with Crippen LogP contribution in [0.2, 0.25) is 0 Å². The molecule has 2 aliphatic rings. The third-order valence-electron chi connectivity index (χ3n) is 4.53. The maximum Gasteiger partial charge on any atom is 0.266 e. The van der Waals surface area contributed by atoms with Gasteiger partial charge in [0.05, 0.1) is 35.7 Å². The number of likely N-dealkylation sites (tertiary alicyclic amines) is 1. The van der Waals surface area contributed by atoms with Crippen LogP contribution in [-0.2, 0) is 4.74 Å². The lowest BCUT2D eigenvalue weighted by atomic mass is 10.1. The quantitative estimate of drug-likeness (QED) is 0.816. The number of carbonyl (C=O) groups excluding carboxylic acids is 1. The summed E-state index contributed by atoms with van der Waals surface area (Å²) >= 11 is 1.46. The first-order chi connectivity index (χ1) is 11.6. The van der Waals surface area contributed by atoms with E-state index in [9.17, 15) is 4.79 Å². The van der Waals surface area contributed by atoms with Gasteiger partial charge in [0.2, 0.25) is 0 Å². The molecule has 0 saturated carbocycles. The highest BCUT2D eigenvalue weighted by molar-refractivity contribution is 7.13. The summed E-state index contributed by atoms with van der Waals surface area (Å²) < 4.78 is 5.91. The number of aromatic nitrogens is 3. The number of hydrogen-bond donors (Lipinski definition) is 0. The van der Waals surface area contributed by atoms with Gasteiger partial charge >= 0.3 is 0 Å². The number of morpholine rings is 1. The average molecular weight is 345 g/mol. The minimum atomic E-state index is 0.0130. The van der Waals surface area contributed by atoms with Crippen LogP contribution in [0.1, 0.15) is 20.4 Å². The molecule has 4 rings (SSSR count). The summed E-state index contributed by atoms with van der Waals surface area (Å²) in [6.07, 6.45) is 5.14. The van der Waals surface area contributed by atoms with E-state index in [1.165, 1.54) is 11.3 Å². The second-order valence-electron chi connectivity index (χ2n) is 6.09. The monoisotopic (exact) mass is 345 g/mol. The van der Waals surface area contributed by atoms with Crippen molar-refractivity contribution in [2.24, 2.45) is 0 Å². The van der Waals surface area contributed by atoms with E-state index in [0.717, 1.165) is 27.9 Å². The molecule has 2 fully saturated rings. The Bertz CT molecular complexity index is 750. The molecule has 7 nitrogen and oxygen atoms in total. The second kappa shape index (κ2) is 6.10. The Balaban J connectivity index is 1.56. The second-order valence-corrected chi connectivity index (χ2v) is 7.29. The van der Waals surface area contributed by atoms with Gasteiger partial charge in [-0.1, -0.05) is 0 Å². The third kappa shape index (κ3) is 2.65. The summed E-state index contributed by atoms with van der Waals surface area (Å²) in [5.41, 5.74) is 0.809. The summed E-state index contributed by atoms with van der Waals surface area (Å²) in [6, 6.07) is 0.119. The zero-order valence-electron chi connectivity index (χ0n) is 13.7. The van der Waals surface area contributed by atoms with Crippen LogP contribution in [-0.4, -0.2) is 64.1 Å². The van der Waals surface area contributed by atoms with E-state index in [2.05, 4.69) is 19.9 Å². The van der Waals surface area contributed by atoms with Gasteiger partial charge in [0.25, 0.3) is 5.91 Å². The normalized spacial score (nSPS) is 23.4. The number of rotatable bonds is 2. The van der Waals surface area contributed by atoms with Gasteiger partial charge in [-0.25, -0.2) is 9.97 Å². The summed E-state index contributed by atoms with van der Waals surface area (Å²) in [5.74, 6) is 0.894.